The molecule has 0 atom stereocenters. The van der Waals surface area contributed by atoms with Crippen LogP contribution in [0.3, 0.4) is 0 Å². The third kappa shape index (κ3) is 13.2. The predicted octanol–water partition coefficient (Wildman–Crippen LogP) is 8.77. The molecule has 0 aliphatic carbocycles. The molecule has 184 valence electrons. The number of rotatable bonds is 15. The summed E-state index contributed by atoms with van der Waals surface area (Å²) in [6.45, 7) is 2.94. The first-order chi connectivity index (χ1) is 15.4. The SMILES string of the molecule is CCCCCCCCn1sc(Cl)c(Cl)c1=O.O=C1CSN=C1CCCCCCCC(Cl)Cl. The molecule has 0 saturated heterocycles. The standard InChI is InChI=1S/2C11H17Cl2NOS/c1-2-3-4-5-6-7-8-14-11(15)9(12)10(13)16-14;12-11(13)7-5-3-1-2-4-6-9-10(15)8-16-14-9/h2-8H2,1H3;11H,1-8H2. The molecule has 0 aromatic carbocycles. The Morgan fingerprint density at radius 2 is 1.56 bits per heavy atom. The zero-order valence-electron chi connectivity index (χ0n) is 18.7. The van der Waals surface area contributed by atoms with Crippen LogP contribution in [0.5, 0.6) is 0 Å². The van der Waals surface area contributed by atoms with E-state index in [-0.39, 0.29) is 21.2 Å². The number of hydrogen-bond acceptors (Lipinski definition) is 5. The molecule has 0 saturated carbocycles. The molecule has 1 aromatic rings. The van der Waals surface area contributed by atoms with Crippen LogP contribution < -0.4 is 5.56 Å². The van der Waals surface area contributed by atoms with E-state index in [0.29, 0.717) is 10.1 Å². The van der Waals surface area contributed by atoms with Crippen molar-refractivity contribution in [3.63, 3.8) is 0 Å². The van der Waals surface area contributed by atoms with E-state index >= 15 is 0 Å². The van der Waals surface area contributed by atoms with Gasteiger partial charge in [0.25, 0.3) is 5.56 Å². The highest BCUT2D eigenvalue weighted by atomic mass is 35.5. The van der Waals surface area contributed by atoms with Crippen LogP contribution in [0, 0.1) is 0 Å². The summed E-state index contributed by atoms with van der Waals surface area (Å²) in [5.74, 6) is 0.763. The van der Waals surface area contributed by atoms with Gasteiger partial charge in [0, 0.05) is 6.54 Å². The van der Waals surface area contributed by atoms with Crippen molar-refractivity contribution in [1.29, 1.82) is 0 Å². The van der Waals surface area contributed by atoms with E-state index < -0.39 is 0 Å². The normalized spacial score (nSPS) is 13.4. The lowest BCUT2D eigenvalue weighted by molar-refractivity contribution is -0.110. The quantitative estimate of drug-likeness (QED) is 0.122. The van der Waals surface area contributed by atoms with Gasteiger partial charge in [-0.2, -0.15) is 0 Å². The molecule has 32 heavy (non-hydrogen) atoms. The third-order valence-electron chi connectivity index (χ3n) is 5.02. The highest BCUT2D eigenvalue weighted by Gasteiger charge is 2.16. The topological polar surface area (TPSA) is 51.4 Å². The van der Waals surface area contributed by atoms with Crippen LogP contribution >= 0.6 is 69.9 Å². The van der Waals surface area contributed by atoms with Crippen molar-refractivity contribution in [2.45, 2.75) is 102 Å². The molecular formula is C22H34Cl4N2O2S2. The largest absolute Gasteiger partial charge is 0.292 e. The summed E-state index contributed by atoms with van der Waals surface area (Å²) in [5, 5.41) is 0.164. The van der Waals surface area contributed by atoms with Crippen molar-refractivity contribution >= 4 is 81.4 Å². The summed E-state index contributed by atoms with van der Waals surface area (Å²) in [5.41, 5.74) is 0.636. The van der Waals surface area contributed by atoms with Crippen LogP contribution in [-0.4, -0.2) is 26.0 Å². The van der Waals surface area contributed by atoms with E-state index in [2.05, 4.69) is 11.3 Å². The lowest BCUT2D eigenvalue weighted by Crippen LogP contribution is -2.13. The second-order valence-corrected chi connectivity index (χ2v) is 11.8. The van der Waals surface area contributed by atoms with Crippen molar-refractivity contribution < 1.29 is 4.79 Å². The van der Waals surface area contributed by atoms with Crippen molar-refractivity contribution in [3.05, 3.63) is 19.7 Å². The van der Waals surface area contributed by atoms with Crippen molar-refractivity contribution in [1.82, 2.24) is 3.96 Å². The molecule has 4 nitrogen and oxygen atoms in total. The van der Waals surface area contributed by atoms with E-state index in [1.54, 1.807) is 3.96 Å². The van der Waals surface area contributed by atoms with Crippen LogP contribution in [0.4, 0.5) is 0 Å². The zero-order chi connectivity index (χ0) is 23.8. The van der Waals surface area contributed by atoms with E-state index in [4.69, 9.17) is 46.4 Å². The molecule has 0 spiro atoms. The number of nitrogens with zero attached hydrogens (tertiary/aromatic N) is 2. The number of Topliss-reactive ketones (excluding diaryl/α,β-unsaturated/α-hetero) is 1. The van der Waals surface area contributed by atoms with Gasteiger partial charge in [-0.15, -0.1) is 23.2 Å². The second-order valence-electron chi connectivity index (χ2n) is 7.79. The number of carbonyl (C=O) groups excluding carboxylic acids is 1. The Balaban J connectivity index is 0.000000320. The summed E-state index contributed by atoms with van der Waals surface area (Å²) >= 11 is 25.4. The van der Waals surface area contributed by atoms with E-state index in [0.717, 1.165) is 50.8 Å². The van der Waals surface area contributed by atoms with E-state index in [9.17, 15) is 9.59 Å². The van der Waals surface area contributed by atoms with E-state index in [1.165, 1.54) is 68.4 Å². The molecule has 1 aliphatic rings. The van der Waals surface area contributed by atoms with Crippen molar-refractivity contribution in [2.75, 3.05) is 5.75 Å². The minimum atomic E-state index is -0.220. The van der Waals surface area contributed by atoms with Gasteiger partial charge in [0.15, 0.2) is 5.78 Å². The number of ketones is 1. The van der Waals surface area contributed by atoms with Crippen molar-refractivity contribution in [3.8, 4) is 0 Å². The highest BCUT2D eigenvalue weighted by molar-refractivity contribution is 7.99. The molecule has 0 amide bonds. The van der Waals surface area contributed by atoms with Gasteiger partial charge in [0.2, 0.25) is 0 Å². The molecule has 1 aliphatic heterocycles. The van der Waals surface area contributed by atoms with Crippen molar-refractivity contribution in [2.24, 2.45) is 4.40 Å². The maximum atomic E-state index is 11.5. The van der Waals surface area contributed by atoms with Gasteiger partial charge in [0.05, 0.1) is 11.5 Å². The molecule has 0 fully saturated rings. The summed E-state index contributed by atoms with van der Waals surface area (Å²) in [4.78, 5) is 22.5. The molecule has 1 aromatic heterocycles. The molecule has 0 unspecified atom stereocenters. The fourth-order valence-electron chi connectivity index (χ4n) is 3.16. The van der Waals surface area contributed by atoms with Crippen LogP contribution in [0.1, 0.15) is 90.4 Å². The Kier molecular flexibility index (Phi) is 17.6. The molecule has 0 bridgehead atoms. The second kappa shape index (κ2) is 18.6. The molecule has 2 heterocycles. The zero-order valence-corrected chi connectivity index (χ0v) is 23.4. The monoisotopic (exact) mass is 562 g/mol. The fraction of sp³-hybridized carbons (Fsp3) is 0.773. The lowest BCUT2D eigenvalue weighted by Gasteiger charge is -2.02. The van der Waals surface area contributed by atoms with E-state index in [1.807, 2.05) is 0 Å². The Bertz CT molecular complexity index is 751. The Morgan fingerprint density at radius 1 is 0.938 bits per heavy atom. The smallest absolute Gasteiger partial charge is 0.280 e. The first-order valence-electron chi connectivity index (χ1n) is 11.4. The van der Waals surface area contributed by atoms with Gasteiger partial charge >= 0.3 is 0 Å². The van der Waals surface area contributed by atoms with Gasteiger partial charge in [-0.05, 0) is 49.2 Å². The summed E-state index contributed by atoms with van der Waals surface area (Å²) in [7, 11) is 0. The number of carbonyl (C=O) groups is 1. The maximum Gasteiger partial charge on any atom is 0.280 e. The maximum absolute atomic E-state index is 11.5. The number of aryl methyl sites for hydroxylation is 1. The lowest BCUT2D eigenvalue weighted by atomic mass is 10.1. The molecular weight excluding hydrogens is 530 g/mol. The average Bonchev–Trinajstić information content (AvgIpc) is 3.28. The first kappa shape index (κ1) is 30.3. The number of alkyl halides is 2. The predicted molar refractivity (Wildman–Crippen MR) is 145 cm³/mol. The van der Waals surface area contributed by atoms with Gasteiger partial charge in [-0.1, -0.05) is 87.9 Å². The Labute approximate surface area is 220 Å². The third-order valence-corrected chi connectivity index (χ3v) is 8.09. The number of hydrogen-bond donors (Lipinski definition) is 0. The molecule has 10 heteroatoms. The van der Waals surface area contributed by atoms with Crippen LogP contribution in [-0.2, 0) is 11.3 Å². The van der Waals surface area contributed by atoms with Crippen LogP contribution in [0.2, 0.25) is 9.36 Å². The Hall–Kier alpha value is 0.280. The van der Waals surface area contributed by atoms with Gasteiger partial charge in [0.1, 0.15) is 14.2 Å². The molecule has 2 rings (SSSR count). The molecule has 0 N–H and O–H groups in total. The summed E-state index contributed by atoms with van der Waals surface area (Å²) in [6.07, 6.45) is 14.7. The minimum Gasteiger partial charge on any atom is -0.292 e. The number of unbranched alkanes of at least 4 members (excludes halogenated alkanes) is 9. The summed E-state index contributed by atoms with van der Waals surface area (Å²) < 4.78 is 6.17. The highest BCUT2D eigenvalue weighted by Crippen LogP contribution is 2.23. The van der Waals surface area contributed by atoms with Gasteiger partial charge in [-0.25, -0.2) is 4.40 Å². The molecule has 0 radical (unpaired) electrons. The first-order valence-corrected chi connectivity index (χ1v) is 14.8. The minimum absolute atomic E-state index is 0.148. The van der Waals surface area contributed by atoms with Crippen LogP contribution in [0.25, 0.3) is 0 Å². The Morgan fingerprint density at radius 3 is 2.12 bits per heavy atom. The van der Waals surface area contributed by atoms with Gasteiger partial charge in [-0.3, -0.25) is 13.5 Å². The van der Waals surface area contributed by atoms with Gasteiger partial charge < -0.3 is 0 Å². The van der Waals surface area contributed by atoms with Crippen LogP contribution in [0.15, 0.2) is 9.19 Å². The summed E-state index contributed by atoms with van der Waals surface area (Å²) in [6, 6.07) is 0. The number of aromatic nitrogens is 1. The average molecular weight is 564 g/mol. The fourth-order valence-corrected chi connectivity index (χ4v) is 5.51. The number of halogens is 4.